The Morgan fingerprint density at radius 2 is 1.71 bits per heavy atom. The van der Waals surface area contributed by atoms with Gasteiger partial charge in [0.05, 0.1) is 22.2 Å². The van der Waals surface area contributed by atoms with E-state index < -0.39 is 30.9 Å². The van der Waals surface area contributed by atoms with Gasteiger partial charge in [0.2, 0.25) is 0 Å². The highest BCUT2D eigenvalue weighted by Gasteiger charge is 2.51. The fourth-order valence-electron chi connectivity index (χ4n) is 2.72. The second kappa shape index (κ2) is 5.23. The minimum absolute atomic E-state index is 0.0106. The predicted molar refractivity (Wildman–Crippen MR) is 86.2 cm³/mol. The molecule has 1 aromatic carbocycles. The Kier molecular flexibility index (Phi) is 3.77. The van der Waals surface area contributed by atoms with E-state index >= 15 is 0 Å². The highest BCUT2D eigenvalue weighted by atomic mass is 19.4. The number of hydrogen-bond acceptors (Lipinski definition) is 3. The first-order valence-corrected chi connectivity index (χ1v) is 7.77. The van der Waals surface area contributed by atoms with Crippen LogP contribution in [0.2, 0.25) is 0 Å². The smallest absolute Gasteiger partial charge is 0.399 e. The Labute approximate surface area is 139 Å². The van der Waals surface area contributed by atoms with Crippen molar-refractivity contribution in [3.8, 4) is 0 Å². The lowest BCUT2D eigenvalue weighted by Crippen LogP contribution is -2.41. The molecule has 1 aromatic heterocycles. The van der Waals surface area contributed by atoms with E-state index in [0.717, 1.165) is 5.46 Å². The lowest BCUT2D eigenvalue weighted by atomic mass is 9.79. The molecule has 130 valence electrons. The SMILES string of the molecule is Cn1c(CC(F)(F)F)nc2ccc(B3OC(C)(C)C(C)(C)O3)cc21. The molecule has 1 aliphatic heterocycles. The van der Waals surface area contributed by atoms with Crippen molar-refractivity contribution in [1.82, 2.24) is 9.55 Å². The summed E-state index contributed by atoms with van der Waals surface area (Å²) in [6.45, 7) is 7.82. The molecule has 0 aliphatic carbocycles. The molecule has 0 amide bonds. The predicted octanol–water partition coefficient (Wildman–Crippen LogP) is 2.98. The summed E-state index contributed by atoms with van der Waals surface area (Å²) in [5.74, 6) is -0.0106. The Balaban J connectivity index is 1.97. The summed E-state index contributed by atoms with van der Waals surface area (Å²) in [4.78, 5) is 4.08. The number of fused-ring (bicyclic) bond motifs is 1. The number of aromatic nitrogens is 2. The zero-order valence-electron chi connectivity index (χ0n) is 14.4. The quantitative estimate of drug-likeness (QED) is 0.789. The number of imidazole rings is 1. The maximum Gasteiger partial charge on any atom is 0.494 e. The molecule has 1 fully saturated rings. The maximum absolute atomic E-state index is 12.7. The number of halogens is 3. The molecule has 1 aliphatic rings. The first-order valence-electron chi connectivity index (χ1n) is 7.77. The normalized spacial score (nSPS) is 20.1. The van der Waals surface area contributed by atoms with Gasteiger partial charge in [-0.15, -0.1) is 0 Å². The van der Waals surface area contributed by atoms with Gasteiger partial charge in [0.25, 0.3) is 0 Å². The van der Waals surface area contributed by atoms with E-state index in [-0.39, 0.29) is 5.82 Å². The van der Waals surface area contributed by atoms with Crippen LogP contribution in [0.5, 0.6) is 0 Å². The zero-order valence-corrected chi connectivity index (χ0v) is 14.4. The van der Waals surface area contributed by atoms with Gasteiger partial charge in [0.1, 0.15) is 12.2 Å². The van der Waals surface area contributed by atoms with Crippen LogP contribution in [0.4, 0.5) is 13.2 Å². The minimum Gasteiger partial charge on any atom is -0.399 e. The molecule has 8 heteroatoms. The van der Waals surface area contributed by atoms with Gasteiger partial charge >= 0.3 is 13.3 Å². The van der Waals surface area contributed by atoms with Crippen molar-refractivity contribution >= 4 is 23.6 Å². The van der Waals surface area contributed by atoms with Crippen LogP contribution in [-0.2, 0) is 22.8 Å². The Bertz CT molecular complexity index is 767. The standard InChI is InChI=1S/C16H20BF3N2O2/c1-14(2)15(3,4)24-17(23-14)10-6-7-11-12(8-10)22(5)13(21-11)9-16(18,19)20/h6-8H,9H2,1-5H3. The fraction of sp³-hybridized carbons (Fsp3) is 0.562. The third-order valence-electron chi connectivity index (χ3n) is 4.88. The molecule has 0 radical (unpaired) electrons. The third kappa shape index (κ3) is 2.93. The molecule has 3 rings (SSSR count). The van der Waals surface area contributed by atoms with Crippen molar-refractivity contribution in [3.63, 3.8) is 0 Å². The Morgan fingerprint density at radius 3 is 2.25 bits per heavy atom. The number of hydrogen-bond donors (Lipinski definition) is 0. The van der Waals surface area contributed by atoms with E-state index in [4.69, 9.17) is 9.31 Å². The van der Waals surface area contributed by atoms with Crippen molar-refractivity contribution in [3.05, 3.63) is 24.0 Å². The highest BCUT2D eigenvalue weighted by Crippen LogP contribution is 2.36. The van der Waals surface area contributed by atoms with Crippen LogP contribution in [0.25, 0.3) is 11.0 Å². The molecule has 24 heavy (non-hydrogen) atoms. The summed E-state index contributed by atoms with van der Waals surface area (Å²) in [5.41, 5.74) is 0.974. The van der Waals surface area contributed by atoms with Crippen molar-refractivity contribution in [2.24, 2.45) is 7.05 Å². The largest absolute Gasteiger partial charge is 0.494 e. The Hall–Kier alpha value is -1.54. The lowest BCUT2D eigenvalue weighted by Gasteiger charge is -2.32. The summed E-state index contributed by atoms with van der Waals surface area (Å²) >= 11 is 0. The molecular formula is C16H20BF3N2O2. The number of alkyl halides is 3. The summed E-state index contributed by atoms with van der Waals surface area (Å²) in [5, 5.41) is 0. The van der Waals surface area contributed by atoms with Gasteiger partial charge in [-0.1, -0.05) is 6.07 Å². The molecule has 0 N–H and O–H groups in total. The van der Waals surface area contributed by atoms with Crippen LogP contribution in [0.1, 0.15) is 33.5 Å². The Morgan fingerprint density at radius 1 is 1.12 bits per heavy atom. The van der Waals surface area contributed by atoms with E-state index in [1.54, 1.807) is 25.2 Å². The summed E-state index contributed by atoms with van der Waals surface area (Å²) < 4.78 is 51.4. The fourth-order valence-corrected chi connectivity index (χ4v) is 2.72. The average Bonchev–Trinajstić information content (AvgIpc) is 2.82. The molecule has 0 spiro atoms. The molecule has 4 nitrogen and oxygen atoms in total. The van der Waals surface area contributed by atoms with Gasteiger partial charge in [-0.05, 0) is 45.3 Å². The van der Waals surface area contributed by atoms with E-state index in [0.29, 0.717) is 11.0 Å². The van der Waals surface area contributed by atoms with Crippen molar-refractivity contribution < 1.29 is 22.5 Å². The van der Waals surface area contributed by atoms with E-state index in [9.17, 15) is 13.2 Å². The van der Waals surface area contributed by atoms with Gasteiger partial charge in [-0.2, -0.15) is 13.2 Å². The molecule has 2 heterocycles. The van der Waals surface area contributed by atoms with Gasteiger partial charge < -0.3 is 13.9 Å². The van der Waals surface area contributed by atoms with Crippen LogP contribution in [0.15, 0.2) is 18.2 Å². The topological polar surface area (TPSA) is 36.3 Å². The minimum atomic E-state index is -4.29. The highest BCUT2D eigenvalue weighted by molar-refractivity contribution is 6.62. The van der Waals surface area contributed by atoms with Crippen LogP contribution in [-0.4, -0.2) is 34.0 Å². The lowest BCUT2D eigenvalue weighted by molar-refractivity contribution is -0.128. The monoisotopic (exact) mass is 340 g/mol. The average molecular weight is 340 g/mol. The van der Waals surface area contributed by atoms with Gasteiger partial charge in [-0.25, -0.2) is 4.98 Å². The number of aryl methyl sites for hydroxylation is 1. The van der Waals surface area contributed by atoms with Crippen LogP contribution >= 0.6 is 0 Å². The molecule has 0 atom stereocenters. The van der Waals surface area contributed by atoms with E-state index in [1.165, 1.54) is 4.57 Å². The van der Waals surface area contributed by atoms with Gasteiger partial charge in [0.15, 0.2) is 0 Å². The molecule has 0 unspecified atom stereocenters. The first kappa shape index (κ1) is 17.3. The summed E-state index contributed by atoms with van der Waals surface area (Å²) in [7, 11) is 1.03. The second-order valence-corrected chi connectivity index (χ2v) is 7.22. The first-order chi connectivity index (χ1) is 10.9. The van der Waals surface area contributed by atoms with Crippen LogP contribution in [0, 0.1) is 0 Å². The van der Waals surface area contributed by atoms with E-state index in [2.05, 4.69) is 4.98 Å². The number of rotatable bonds is 2. The summed E-state index contributed by atoms with van der Waals surface area (Å²) in [6, 6.07) is 5.27. The van der Waals surface area contributed by atoms with Gasteiger partial charge in [-0.3, -0.25) is 0 Å². The molecule has 2 aromatic rings. The molecule has 0 saturated carbocycles. The molecular weight excluding hydrogens is 320 g/mol. The maximum atomic E-state index is 12.7. The number of benzene rings is 1. The molecule has 1 saturated heterocycles. The number of nitrogens with zero attached hydrogens (tertiary/aromatic N) is 2. The molecule has 0 bridgehead atoms. The van der Waals surface area contributed by atoms with Crippen molar-refractivity contribution in [2.45, 2.75) is 51.5 Å². The van der Waals surface area contributed by atoms with Gasteiger partial charge in [0, 0.05) is 7.05 Å². The van der Waals surface area contributed by atoms with Crippen LogP contribution < -0.4 is 5.46 Å². The summed E-state index contributed by atoms with van der Waals surface area (Å²) in [6.07, 6.45) is -5.34. The van der Waals surface area contributed by atoms with E-state index in [1.807, 2.05) is 27.7 Å². The van der Waals surface area contributed by atoms with Crippen molar-refractivity contribution in [1.29, 1.82) is 0 Å². The van der Waals surface area contributed by atoms with Crippen molar-refractivity contribution in [2.75, 3.05) is 0 Å². The third-order valence-corrected chi connectivity index (χ3v) is 4.88. The second-order valence-electron chi connectivity index (χ2n) is 7.22. The van der Waals surface area contributed by atoms with Crippen LogP contribution in [0.3, 0.4) is 0 Å². The zero-order chi connectivity index (χ0) is 17.9.